The Hall–Kier alpha value is -6.80. The second kappa shape index (κ2) is 13.1. The van der Waals surface area contributed by atoms with Crippen molar-refractivity contribution in [2.45, 2.75) is 36.5 Å². The van der Waals surface area contributed by atoms with Crippen LogP contribution >= 0.6 is 15.9 Å². The van der Waals surface area contributed by atoms with Crippen molar-refractivity contribution < 1.29 is 0 Å². The Morgan fingerprint density at radius 3 is 1.08 bits per heavy atom. The lowest BCUT2D eigenvalue weighted by Gasteiger charge is -2.27. The first-order valence-electron chi connectivity index (χ1n) is 22.4. The van der Waals surface area contributed by atoms with Crippen LogP contribution in [0.25, 0.3) is 77.2 Å². The summed E-state index contributed by atoms with van der Waals surface area (Å²) in [6, 6.07) is 76.6. The van der Waals surface area contributed by atoms with Crippen molar-refractivity contribution in [1.29, 1.82) is 0 Å². The molecule has 0 N–H and O–H groups in total. The molecule has 0 aliphatic heterocycles. The summed E-state index contributed by atoms with van der Waals surface area (Å²) in [5.74, 6) is 0. The van der Waals surface area contributed by atoms with E-state index in [-0.39, 0.29) is 10.8 Å². The first-order valence-corrected chi connectivity index (χ1v) is 23.2. The van der Waals surface area contributed by atoms with E-state index in [2.05, 4.69) is 216 Å². The van der Waals surface area contributed by atoms with Crippen LogP contribution in [0.4, 0.5) is 0 Å². The number of rotatable bonds is 3. The predicted octanol–water partition coefficient (Wildman–Crippen LogP) is 15.9. The molecule has 63 heavy (non-hydrogen) atoms. The van der Waals surface area contributed by atoms with E-state index in [0.717, 1.165) is 30.2 Å². The van der Waals surface area contributed by atoms with Gasteiger partial charge in [0.05, 0.1) is 0 Å². The quantitative estimate of drug-likeness (QED) is 0.155. The first kappa shape index (κ1) is 35.8. The van der Waals surface area contributed by atoms with E-state index in [1.807, 2.05) is 0 Å². The highest BCUT2D eigenvalue weighted by Crippen LogP contribution is 2.58. The Balaban J connectivity index is 1.01. The van der Waals surface area contributed by atoms with E-state index in [0.29, 0.717) is 0 Å². The normalized spacial score (nSPS) is 15.4. The number of hydrogen-bond donors (Lipinski definition) is 0. The van der Waals surface area contributed by atoms with Gasteiger partial charge in [0.15, 0.2) is 0 Å². The molecular formula is C62H41Br. The minimum absolute atomic E-state index is 0.0770. The summed E-state index contributed by atoms with van der Waals surface area (Å²) in [6.07, 6.45) is 4.12. The SMILES string of the molecule is Brc1c2ccccc2c(-c2cc(-c3ccc4c(c3)C3(Cc5ccccc5C3)c3ccccc3-4)cc(-c3ccc4c(c3)C3(Cc5ccccc5C3)c3ccccc3-4)c2)c2ccccc12. The molecular weight excluding hydrogens is 825 g/mol. The largest absolute Gasteiger partial charge is 0.0620 e. The second-order valence-corrected chi connectivity index (χ2v) is 19.4. The zero-order valence-electron chi connectivity index (χ0n) is 34.8. The molecule has 1 heteroatoms. The molecule has 0 saturated carbocycles. The van der Waals surface area contributed by atoms with Crippen LogP contribution in [0.5, 0.6) is 0 Å². The van der Waals surface area contributed by atoms with Crippen molar-refractivity contribution in [3.8, 4) is 55.6 Å². The van der Waals surface area contributed by atoms with Crippen molar-refractivity contribution in [2.24, 2.45) is 0 Å². The fourth-order valence-electron chi connectivity index (χ4n) is 12.8. The lowest BCUT2D eigenvalue weighted by molar-refractivity contribution is 0.564. The van der Waals surface area contributed by atoms with Gasteiger partial charge < -0.3 is 0 Å². The molecule has 2 spiro atoms. The summed E-state index contributed by atoms with van der Waals surface area (Å²) < 4.78 is 1.15. The van der Waals surface area contributed by atoms with Crippen LogP contribution in [-0.4, -0.2) is 0 Å². The van der Waals surface area contributed by atoms with Crippen LogP contribution in [0, 0.1) is 0 Å². The van der Waals surface area contributed by atoms with Gasteiger partial charge in [0.2, 0.25) is 0 Å². The third-order valence-electron chi connectivity index (χ3n) is 15.5. The molecule has 0 atom stereocenters. The second-order valence-electron chi connectivity index (χ2n) is 18.6. The third-order valence-corrected chi connectivity index (χ3v) is 16.4. The zero-order chi connectivity index (χ0) is 41.4. The van der Waals surface area contributed by atoms with E-state index in [1.54, 1.807) is 0 Å². The fourth-order valence-corrected chi connectivity index (χ4v) is 13.4. The van der Waals surface area contributed by atoms with Gasteiger partial charge in [0.1, 0.15) is 0 Å². The maximum Gasteiger partial charge on any atom is 0.0332 e. The van der Waals surface area contributed by atoms with Gasteiger partial charge in [-0.1, -0.05) is 170 Å². The van der Waals surface area contributed by atoms with Gasteiger partial charge in [-0.2, -0.15) is 0 Å². The highest BCUT2D eigenvalue weighted by atomic mass is 79.9. The third kappa shape index (κ3) is 4.98. The number of fused-ring (bicyclic) bond motifs is 14. The fraction of sp³-hybridized carbons (Fsp3) is 0.0968. The van der Waals surface area contributed by atoms with Gasteiger partial charge >= 0.3 is 0 Å². The summed E-state index contributed by atoms with van der Waals surface area (Å²) >= 11 is 4.05. The van der Waals surface area contributed by atoms with Crippen LogP contribution in [-0.2, 0) is 36.5 Å². The molecule has 0 saturated heterocycles. The molecule has 4 aliphatic carbocycles. The van der Waals surface area contributed by atoms with Gasteiger partial charge in [-0.25, -0.2) is 0 Å². The number of hydrogen-bond acceptors (Lipinski definition) is 0. The van der Waals surface area contributed by atoms with Gasteiger partial charge in [-0.15, -0.1) is 0 Å². The smallest absolute Gasteiger partial charge is 0.0332 e. The van der Waals surface area contributed by atoms with Gasteiger partial charge in [-0.3, -0.25) is 0 Å². The molecule has 0 nitrogen and oxygen atoms in total. The molecule has 296 valence electrons. The zero-order valence-corrected chi connectivity index (χ0v) is 36.3. The Kier molecular flexibility index (Phi) is 7.44. The molecule has 0 aromatic heterocycles. The average Bonchev–Trinajstić information content (AvgIpc) is 4.07. The molecule has 10 aromatic rings. The van der Waals surface area contributed by atoms with Crippen molar-refractivity contribution in [2.75, 3.05) is 0 Å². The number of benzene rings is 10. The minimum atomic E-state index is -0.0770. The molecule has 10 aromatic carbocycles. The summed E-state index contributed by atoms with van der Waals surface area (Å²) in [5.41, 5.74) is 24.7. The van der Waals surface area contributed by atoms with Crippen LogP contribution in [0.3, 0.4) is 0 Å². The van der Waals surface area contributed by atoms with Crippen LogP contribution < -0.4 is 0 Å². The first-order chi connectivity index (χ1) is 31.1. The van der Waals surface area contributed by atoms with Gasteiger partial charge in [0.25, 0.3) is 0 Å². The Bertz CT molecular complexity index is 3320. The van der Waals surface area contributed by atoms with Crippen molar-refractivity contribution in [1.82, 2.24) is 0 Å². The molecule has 0 heterocycles. The molecule has 14 rings (SSSR count). The Labute approximate surface area is 376 Å². The highest BCUT2D eigenvalue weighted by Gasteiger charge is 2.48. The molecule has 4 aliphatic rings. The average molecular weight is 866 g/mol. The van der Waals surface area contributed by atoms with Crippen LogP contribution in [0.1, 0.15) is 44.5 Å². The maximum absolute atomic E-state index is 4.05. The highest BCUT2D eigenvalue weighted by molar-refractivity contribution is 9.10. The summed E-state index contributed by atoms with van der Waals surface area (Å²) in [5, 5.41) is 4.97. The molecule has 0 radical (unpaired) electrons. The molecule has 0 bridgehead atoms. The number of halogens is 1. The van der Waals surface area contributed by atoms with E-state index >= 15 is 0 Å². The maximum atomic E-state index is 4.05. The van der Waals surface area contributed by atoms with E-state index in [4.69, 9.17) is 0 Å². The van der Waals surface area contributed by atoms with Gasteiger partial charge in [-0.05, 0) is 194 Å². The van der Waals surface area contributed by atoms with Crippen molar-refractivity contribution in [3.63, 3.8) is 0 Å². The predicted molar refractivity (Wildman–Crippen MR) is 266 cm³/mol. The monoisotopic (exact) mass is 864 g/mol. The van der Waals surface area contributed by atoms with E-state index in [1.165, 1.54) is 122 Å². The summed E-state index contributed by atoms with van der Waals surface area (Å²) in [6.45, 7) is 0. The lowest BCUT2D eigenvalue weighted by Crippen LogP contribution is -2.25. The molecule has 0 fully saturated rings. The summed E-state index contributed by atoms with van der Waals surface area (Å²) in [7, 11) is 0. The topological polar surface area (TPSA) is 0 Å². The Morgan fingerprint density at radius 2 is 0.635 bits per heavy atom. The van der Waals surface area contributed by atoms with Gasteiger partial charge in [0, 0.05) is 15.3 Å². The van der Waals surface area contributed by atoms with Crippen molar-refractivity contribution in [3.05, 3.63) is 249 Å². The van der Waals surface area contributed by atoms with Crippen LogP contribution in [0.2, 0.25) is 0 Å². The van der Waals surface area contributed by atoms with Crippen LogP contribution in [0.15, 0.2) is 205 Å². The summed E-state index contributed by atoms with van der Waals surface area (Å²) in [4.78, 5) is 0. The minimum Gasteiger partial charge on any atom is -0.0620 e. The molecule has 0 unspecified atom stereocenters. The standard InChI is InChI=1S/C62H41Br/c63-60-53-21-7-5-19-51(53)59(52-20-6-8-22-54(52)60)46-30-44(38-25-27-49-47-17-9-11-23-55(47)61(57(49)32-38)34-40-13-1-2-14-41(40)35-61)29-45(31-46)39-26-28-50-48-18-10-12-24-56(48)62(58(50)33-39)36-42-15-3-4-16-43(42)37-62/h1-33H,34-37H2. The van der Waals surface area contributed by atoms with Crippen molar-refractivity contribution >= 4 is 37.5 Å². The van der Waals surface area contributed by atoms with E-state index < -0.39 is 0 Å². The van der Waals surface area contributed by atoms with E-state index in [9.17, 15) is 0 Å². The molecule has 0 amide bonds. The lowest BCUT2D eigenvalue weighted by atomic mass is 9.75. The Morgan fingerprint density at radius 1 is 0.286 bits per heavy atom.